The van der Waals surface area contributed by atoms with E-state index < -0.39 is 36.0 Å². The van der Waals surface area contributed by atoms with Crippen molar-refractivity contribution in [3.05, 3.63) is 95.6 Å². The third-order valence-electron chi connectivity index (χ3n) is 5.37. The third-order valence-corrected chi connectivity index (χ3v) is 5.37. The summed E-state index contributed by atoms with van der Waals surface area (Å²) in [7, 11) is 0. The van der Waals surface area contributed by atoms with Gasteiger partial charge < -0.3 is 14.9 Å². The zero-order valence-corrected chi connectivity index (χ0v) is 16.5. The largest absolute Gasteiger partial charge is 0.508 e. The predicted molar refractivity (Wildman–Crippen MR) is 111 cm³/mol. The third kappa shape index (κ3) is 4.36. The maximum absolute atomic E-state index is 14.0. The summed E-state index contributed by atoms with van der Waals surface area (Å²) in [6.45, 7) is 0. The molecule has 0 saturated carbocycles. The molecule has 0 radical (unpaired) electrons. The fraction of sp³-hybridized carbons (Fsp3) is 0.208. The van der Waals surface area contributed by atoms with Crippen molar-refractivity contribution >= 4 is 11.8 Å². The smallest absolute Gasteiger partial charge is 0.415 e. The Morgan fingerprint density at radius 1 is 0.968 bits per heavy atom. The Labute approximate surface area is 178 Å². The molecule has 0 aliphatic carbocycles. The van der Waals surface area contributed by atoms with Crippen molar-refractivity contribution in [2.24, 2.45) is 0 Å². The second-order valence-corrected chi connectivity index (χ2v) is 7.44. The molecule has 1 fully saturated rings. The SMILES string of the molecule is O=C1O[C@H]([C@H](O)CCc2ccccc2)[C@@H](c2cc(F)ccc2O)N1c1cccc(F)c1. The van der Waals surface area contributed by atoms with Gasteiger partial charge in [-0.1, -0.05) is 36.4 Å². The summed E-state index contributed by atoms with van der Waals surface area (Å²) in [6.07, 6.45) is -2.21. The molecule has 0 spiro atoms. The maximum atomic E-state index is 14.0. The number of benzene rings is 3. The summed E-state index contributed by atoms with van der Waals surface area (Å²) >= 11 is 0. The number of aliphatic hydroxyl groups is 1. The lowest BCUT2D eigenvalue weighted by molar-refractivity contribution is 0.0143. The Kier molecular flexibility index (Phi) is 5.86. The summed E-state index contributed by atoms with van der Waals surface area (Å²) in [4.78, 5) is 13.9. The molecule has 3 atom stereocenters. The van der Waals surface area contributed by atoms with Gasteiger partial charge in [0.15, 0.2) is 6.10 Å². The molecule has 7 heteroatoms. The van der Waals surface area contributed by atoms with Crippen LogP contribution in [0.15, 0.2) is 72.8 Å². The van der Waals surface area contributed by atoms with E-state index in [9.17, 15) is 23.8 Å². The van der Waals surface area contributed by atoms with E-state index in [-0.39, 0.29) is 23.4 Å². The van der Waals surface area contributed by atoms with Crippen molar-refractivity contribution < 1.29 is 28.5 Å². The van der Waals surface area contributed by atoms with E-state index in [1.165, 1.54) is 24.3 Å². The van der Waals surface area contributed by atoms with Crippen LogP contribution in [0.25, 0.3) is 0 Å². The van der Waals surface area contributed by atoms with Gasteiger partial charge in [-0.05, 0) is 54.8 Å². The summed E-state index contributed by atoms with van der Waals surface area (Å²) < 4.78 is 33.3. The molecular weight excluding hydrogens is 404 g/mol. The first-order valence-electron chi connectivity index (χ1n) is 9.90. The van der Waals surface area contributed by atoms with E-state index in [4.69, 9.17) is 4.74 Å². The number of halogens is 2. The lowest BCUT2D eigenvalue weighted by atomic mass is 9.93. The molecule has 1 saturated heterocycles. The molecule has 1 aliphatic rings. The van der Waals surface area contributed by atoms with Crippen LogP contribution in [-0.2, 0) is 11.2 Å². The molecule has 31 heavy (non-hydrogen) atoms. The lowest BCUT2D eigenvalue weighted by Gasteiger charge is -2.28. The molecule has 0 unspecified atom stereocenters. The normalized spacial score (nSPS) is 19.3. The fourth-order valence-corrected chi connectivity index (χ4v) is 3.88. The Bertz CT molecular complexity index is 1080. The van der Waals surface area contributed by atoms with Crippen LogP contribution < -0.4 is 4.90 Å². The van der Waals surface area contributed by atoms with Crippen LogP contribution in [0.4, 0.5) is 19.3 Å². The average molecular weight is 425 g/mol. The molecule has 4 rings (SSSR count). The fourth-order valence-electron chi connectivity index (χ4n) is 3.88. The van der Waals surface area contributed by atoms with E-state index in [1.54, 1.807) is 0 Å². The quantitative estimate of drug-likeness (QED) is 0.599. The van der Waals surface area contributed by atoms with E-state index in [0.717, 1.165) is 28.7 Å². The second kappa shape index (κ2) is 8.73. The topological polar surface area (TPSA) is 70.0 Å². The number of phenols is 1. The molecule has 3 aromatic rings. The van der Waals surface area contributed by atoms with Gasteiger partial charge in [-0.3, -0.25) is 4.90 Å². The van der Waals surface area contributed by atoms with Gasteiger partial charge >= 0.3 is 6.09 Å². The van der Waals surface area contributed by atoms with Crippen molar-refractivity contribution in [1.29, 1.82) is 0 Å². The minimum Gasteiger partial charge on any atom is -0.508 e. The number of hydrogen-bond donors (Lipinski definition) is 2. The molecular formula is C24H21F2NO4. The van der Waals surface area contributed by atoms with Crippen molar-refractivity contribution in [3.8, 4) is 5.75 Å². The standard InChI is InChI=1S/C24H21F2NO4/c25-16-7-4-8-18(13-16)27-22(19-14-17(26)10-12-20(19)28)23(31-24(27)30)21(29)11-9-15-5-2-1-3-6-15/h1-8,10,12-14,21-23,28-29H,9,11H2/t21-,22-,23-/m1/s1. The first kappa shape index (κ1) is 20.8. The molecule has 3 aromatic carbocycles. The molecule has 1 amide bonds. The minimum absolute atomic E-state index is 0.0684. The van der Waals surface area contributed by atoms with Crippen molar-refractivity contribution in [2.75, 3.05) is 4.90 Å². The summed E-state index contributed by atoms with van der Waals surface area (Å²) in [5.74, 6) is -1.45. The Morgan fingerprint density at radius 2 is 1.71 bits per heavy atom. The number of aliphatic hydroxyl groups excluding tert-OH is 1. The Balaban J connectivity index is 1.69. The highest BCUT2D eigenvalue weighted by atomic mass is 19.1. The number of ether oxygens (including phenoxy) is 1. The van der Waals surface area contributed by atoms with Gasteiger partial charge in [0, 0.05) is 5.56 Å². The predicted octanol–water partition coefficient (Wildman–Crippen LogP) is 4.73. The van der Waals surface area contributed by atoms with Crippen LogP contribution >= 0.6 is 0 Å². The van der Waals surface area contributed by atoms with Crippen LogP contribution in [0.3, 0.4) is 0 Å². The zero-order chi connectivity index (χ0) is 22.0. The minimum atomic E-state index is -1.10. The number of aryl methyl sites for hydroxylation is 1. The number of anilines is 1. The van der Waals surface area contributed by atoms with Gasteiger partial charge in [-0.15, -0.1) is 0 Å². The number of cyclic esters (lactones) is 1. The number of carbonyl (C=O) groups is 1. The van der Waals surface area contributed by atoms with Crippen LogP contribution in [-0.4, -0.2) is 28.5 Å². The van der Waals surface area contributed by atoms with Gasteiger partial charge in [0.25, 0.3) is 0 Å². The van der Waals surface area contributed by atoms with E-state index >= 15 is 0 Å². The second-order valence-electron chi connectivity index (χ2n) is 7.44. The molecule has 0 aromatic heterocycles. The molecule has 1 heterocycles. The summed E-state index contributed by atoms with van der Waals surface area (Å²) in [6, 6.07) is 17.1. The first-order valence-corrected chi connectivity index (χ1v) is 9.90. The molecule has 2 N–H and O–H groups in total. The number of carbonyl (C=O) groups excluding carboxylic acids is 1. The van der Waals surface area contributed by atoms with Crippen LogP contribution in [0.5, 0.6) is 5.75 Å². The average Bonchev–Trinajstić information content (AvgIpc) is 3.11. The van der Waals surface area contributed by atoms with Crippen LogP contribution in [0.2, 0.25) is 0 Å². The van der Waals surface area contributed by atoms with Gasteiger partial charge in [0.05, 0.1) is 11.8 Å². The van der Waals surface area contributed by atoms with Gasteiger partial charge in [0.1, 0.15) is 23.4 Å². The summed E-state index contributed by atoms with van der Waals surface area (Å²) in [5.41, 5.74) is 1.24. The van der Waals surface area contributed by atoms with Crippen molar-refractivity contribution in [1.82, 2.24) is 0 Å². The molecule has 5 nitrogen and oxygen atoms in total. The van der Waals surface area contributed by atoms with E-state index in [2.05, 4.69) is 0 Å². The number of amides is 1. The Hall–Kier alpha value is -3.45. The van der Waals surface area contributed by atoms with Gasteiger partial charge in [-0.2, -0.15) is 0 Å². The number of aromatic hydroxyl groups is 1. The number of rotatable bonds is 6. The number of hydrogen-bond acceptors (Lipinski definition) is 4. The van der Waals surface area contributed by atoms with Gasteiger partial charge in [-0.25, -0.2) is 13.6 Å². The van der Waals surface area contributed by atoms with E-state index in [1.807, 2.05) is 30.3 Å². The lowest BCUT2D eigenvalue weighted by Crippen LogP contribution is -2.35. The maximum Gasteiger partial charge on any atom is 0.415 e. The van der Waals surface area contributed by atoms with Gasteiger partial charge in [0.2, 0.25) is 0 Å². The van der Waals surface area contributed by atoms with Crippen LogP contribution in [0.1, 0.15) is 23.6 Å². The summed E-state index contributed by atoms with van der Waals surface area (Å²) in [5, 5.41) is 21.3. The number of nitrogens with zero attached hydrogens (tertiary/aromatic N) is 1. The van der Waals surface area contributed by atoms with Crippen LogP contribution in [0, 0.1) is 11.6 Å². The molecule has 1 aliphatic heterocycles. The zero-order valence-electron chi connectivity index (χ0n) is 16.5. The first-order chi connectivity index (χ1) is 14.9. The molecule has 160 valence electrons. The number of phenolic OH excluding ortho intramolecular Hbond substituents is 1. The van der Waals surface area contributed by atoms with E-state index in [0.29, 0.717) is 6.42 Å². The highest BCUT2D eigenvalue weighted by Gasteiger charge is 2.48. The molecule has 0 bridgehead atoms. The Morgan fingerprint density at radius 3 is 2.45 bits per heavy atom. The monoisotopic (exact) mass is 425 g/mol. The highest BCUT2D eigenvalue weighted by Crippen LogP contribution is 2.42. The highest BCUT2D eigenvalue weighted by molar-refractivity contribution is 5.91. The van der Waals surface area contributed by atoms with Crippen molar-refractivity contribution in [3.63, 3.8) is 0 Å². The van der Waals surface area contributed by atoms with Crippen molar-refractivity contribution in [2.45, 2.75) is 31.1 Å².